The number of rotatable bonds is 7. The Labute approximate surface area is 163 Å². The van der Waals surface area contributed by atoms with Crippen LogP contribution in [0.1, 0.15) is 55.3 Å². The van der Waals surface area contributed by atoms with Crippen molar-refractivity contribution in [3.8, 4) is 11.5 Å². The molecule has 1 aliphatic carbocycles. The van der Waals surface area contributed by atoms with Gasteiger partial charge < -0.3 is 14.7 Å². The van der Waals surface area contributed by atoms with Crippen LogP contribution in [-0.4, -0.2) is 42.5 Å². The van der Waals surface area contributed by atoms with E-state index in [2.05, 4.69) is 4.90 Å². The summed E-state index contributed by atoms with van der Waals surface area (Å²) in [5, 5.41) is 11.3. The fourth-order valence-corrected chi connectivity index (χ4v) is 3.96. The first kappa shape index (κ1) is 18.2. The van der Waals surface area contributed by atoms with Crippen LogP contribution in [0.2, 0.25) is 0 Å². The van der Waals surface area contributed by atoms with Crippen LogP contribution in [0.4, 0.5) is 0 Å². The van der Waals surface area contributed by atoms with E-state index in [4.69, 9.17) is 6.11 Å². The van der Waals surface area contributed by atoms with Crippen LogP contribution in [-0.2, 0) is 0 Å². The zero-order valence-electron chi connectivity index (χ0n) is 17.1. The lowest BCUT2D eigenvalue weighted by Gasteiger charge is -2.40. The van der Waals surface area contributed by atoms with Gasteiger partial charge in [0, 0.05) is 18.0 Å². The Morgan fingerprint density at radius 2 is 1.63 bits per heavy atom. The van der Waals surface area contributed by atoms with Crippen molar-refractivity contribution in [2.45, 2.75) is 43.6 Å². The average Bonchev–Trinajstić information content (AvgIpc) is 2.68. The highest BCUT2D eigenvalue weighted by Crippen LogP contribution is 2.40. The second kappa shape index (κ2) is 8.68. The predicted octanol–water partition coefficient (Wildman–Crippen LogP) is 4.63. The molecule has 3 rings (SSSR count). The molecule has 27 heavy (non-hydrogen) atoms. The lowest BCUT2D eigenvalue weighted by atomic mass is 9.72. The number of benzene rings is 2. The molecule has 1 fully saturated rings. The van der Waals surface area contributed by atoms with Crippen molar-refractivity contribution in [3.05, 3.63) is 59.7 Å². The predicted molar refractivity (Wildman–Crippen MR) is 108 cm³/mol. The summed E-state index contributed by atoms with van der Waals surface area (Å²) in [5.74, 6) is 1.39. The van der Waals surface area contributed by atoms with E-state index >= 15 is 0 Å². The van der Waals surface area contributed by atoms with E-state index in [0.717, 1.165) is 37.8 Å². The molecule has 0 saturated heterocycles. The monoisotopic (exact) mass is 368 g/mol. The Morgan fingerprint density at radius 3 is 2.15 bits per heavy atom. The molecule has 1 aliphatic rings. The van der Waals surface area contributed by atoms with Crippen molar-refractivity contribution in [1.29, 1.82) is 0 Å². The molecule has 1 saturated carbocycles. The molecular formula is C23H29NO3. The number of hydrogen-bond donors (Lipinski definition) is 1. The van der Waals surface area contributed by atoms with Crippen LogP contribution in [0.3, 0.4) is 0 Å². The number of carbonyl (C=O) groups is 1. The Kier molecular flexibility index (Phi) is 5.85. The lowest BCUT2D eigenvalue weighted by molar-refractivity contribution is -0.0277. The molecule has 4 nitrogen and oxygen atoms in total. The summed E-state index contributed by atoms with van der Waals surface area (Å²) in [4.78, 5) is 13.2. The van der Waals surface area contributed by atoms with E-state index in [0.29, 0.717) is 17.1 Å². The van der Waals surface area contributed by atoms with Gasteiger partial charge in [0.15, 0.2) is 0 Å². The van der Waals surface area contributed by atoms with Crippen LogP contribution >= 0.6 is 0 Å². The summed E-state index contributed by atoms with van der Waals surface area (Å²) in [6, 6.07) is 14.5. The summed E-state index contributed by atoms with van der Waals surface area (Å²) in [6.07, 6.45) is 4.37. The number of carbonyl (C=O) groups excluding carboxylic acids is 1. The van der Waals surface area contributed by atoms with Gasteiger partial charge in [-0.05, 0) is 68.9 Å². The molecular weight excluding hydrogens is 338 g/mol. The Hall–Kier alpha value is -2.17. The zero-order valence-corrected chi connectivity index (χ0v) is 16.1. The Balaban J connectivity index is 1.75. The van der Waals surface area contributed by atoms with Gasteiger partial charge in [0.05, 0.1) is 5.60 Å². The second-order valence-electron chi connectivity index (χ2n) is 7.78. The first-order valence-corrected chi connectivity index (χ1v) is 9.63. The van der Waals surface area contributed by atoms with Crippen molar-refractivity contribution in [2.75, 3.05) is 20.6 Å². The number of aldehydes is 1. The number of likely N-dealkylation sites (N-methyl/N-ethyl adjacent to an activating group) is 1. The minimum atomic E-state index is -0.705. The Bertz CT molecular complexity index is 780. The van der Waals surface area contributed by atoms with Gasteiger partial charge in [-0.2, -0.15) is 0 Å². The van der Waals surface area contributed by atoms with E-state index in [1.807, 2.05) is 38.4 Å². The third-order valence-electron chi connectivity index (χ3n) is 5.41. The highest BCUT2D eigenvalue weighted by molar-refractivity contribution is 5.74. The standard InChI is InChI=1S/C23H29NO3/c1-24(2)16-22(23(26)14-4-3-5-15-23)19-8-12-21(13-9-19)27-20-10-6-18(17-25)7-11-20/h6-13,17,22,26H,3-5,14-16H2,1-2H3/i17D. The van der Waals surface area contributed by atoms with Gasteiger partial charge in [-0.1, -0.05) is 31.4 Å². The van der Waals surface area contributed by atoms with Gasteiger partial charge in [-0.25, -0.2) is 0 Å². The third-order valence-corrected chi connectivity index (χ3v) is 5.41. The van der Waals surface area contributed by atoms with E-state index in [-0.39, 0.29) is 5.92 Å². The number of hydrogen-bond acceptors (Lipinski definition) is 4. The third kappa shape index (κ3) is 4.96. The fourth-order valence-electron chi connectivity index (χ4n) is 3.96. The van der Waals surface area contributed by atoms with E-state index in [1.54, 1.807) is 24.3 Å². The van der Waals surface area contributed by atoms with Gasteiger partial charge in [0.2, 0.25) is 0 Å². The minimum absolute atomic E-state index is 0.0687. The normalized spacial score (nSPS) is 18.0. The Morgan fingerprint density at radius 1 is 1.07 bits per heavy atom. The topological polar surface area (TPSA) is 49.8 Å². The summed E-state index contributed by atoms with van der Waals surface area (Å²) in [5.41, 5.74) is 0.819. The SMILES string of the molecule is [2H]C(=O)c1ccc(Oc2ccc(C(CN(C)C)C3(O)CCCCC3)cc2)cc1. The molecule has 0 amide bonds. The molecule has 0 heterocycles. The van der Waals surface area contributed by atoms with E-state index in [1.165, 1.54) is 6.42 Å². The van der Waals surface area contributed by atoms with E-state index in [9.17, 15) is 9.90 Å². The van der Waals surface area contributed by atoms with Gasteiger partial charge in [0.1, 0.15) is 19.1 Å². The van der Waals surface area contributed by atoms with Crippen molar-refractivity contribution in [1.82, 2.24) is 4.90 Å². The first-order chi connectivity index (χ1) is 13.4. The maximum atomic E-state index is 11.3. The fraction of sp³-hybridized carbons (Fsp3) is 0.435. The van der Waals surface area contributed by atoms with Gasteiger partial charge >= 0.3 is 0 Å². The minimum Gasteiger partial charge on any atom is -0.457 e. The molecule has 144 valence electrons. The number of aliphatic hydroxyl groups is 1. The van der Waals surface area contributed by atoms with Gasteiger partial charge in [-0.3, -0.25) is 4.79 Å². The average molecular weight is 368 g/mol. The molecule has 1 atom stereocenters. The maximum absolute atomic E-state index is 11.3. The van der Waals surface area contributed by atoms with Gasteiger partial charge in [-0.15, -0.1) is 0 Å². The van der Waals surface area contributed by atoms with E-state index < -0.39 is 11.9 Å². The molecule has 2 aromatic carbocycles. The van der Waals surface area contributed by atoms with Crippen molar-refractivity contribution in [2.24, 2.45) is 0 Å². The molecule has 0 spiro atoms. The van der Waals surface area contributed by atoms with Crippen molar-refractivity contribution < 1.29 is 16.0 Å². The van der Waals surface area contributed by atoms with Crippen molar-refractivity contribution in [3.63, 3.8) is 0 Å². The van der Waals surface area contributed by atoms with Crippen LogP contribution in [0.25, 0.3) is 0 Å². The highest BCUT2D eigenvalue weighted by Gasteiger charge is 2.38. The molecule has 0 radical (unpaired) electrons. The zero-order chi connectivity index (χ0) is 20.1. The molecule has 2 aromatic rings. The molecule has 1 unspecified atom stereocenters. The molecule has 0 aromatic heterocycles. The van der Waals surface area contributed by atoms with Crippen LogP contribution in [0.15, 0.2) is 48.5 Å². The first-order valence-electron chi connectivity index (χ1n) is 10.1. The molecule has 4 heteroatoms. The van der Waals surface area contributed by atoms with Crippen LogP contribution < -0.4 is 4.74 Å². The largest absolute Gasteiger partial charge is 0.457 e. The maximum Gasteiger partial charge on any atom is 0.150 e. The summed E-state index contributed by atoms with van der Waals surface area (Å²) in [7, 11) is 4.09. The molecule has 1 N–H and O–H groups in total. The summed E-state index contributed by atoms with van der Waals surface area (Å²) < 4.78 is 13.0. The second-order valence-corrected chi connectivity index (χ2v) is 7.78. The summed E-state index contributed by atoms with van der Waals surface area (Å²) >= 11 is 0. The van der Waals surface area contributed by atoms with Gasteiger partial charge in [0.25, 0.3) is 0 Å². The smallest absolute Gasteiger partial charge is 0.150 e. The number of ether oxygens (including phenoxy) is 1. The highest BCUT2D eigenvalue weighted by atomic mass is 16.5. The quantitative estimate of drug-likeness (QED) is 0.724. The van der Waals surface area contributed by atoms with Crippen LogP contribution in [0.5, 0.6) is 11.5 Å². The molecule has 0 bridgehead atoms. The van der Waals surface area contributed by atoms with Crippen molar-refractivity contribution >= 4 is 6.26 Å². The van der Waals surface area contributed by atoms with Crippen LogP contribution in [0, 0.1) is 0 Å². The molecule has 0 aliphatic heterocycles. The number of nitrogens with zero attached hydrogens (tertiary/aromatic N) is 1. The lowest BCUT2D eigenvalue weighted by Crippen LogP contribution is -2.42. The summed E-state index contributed by atoms with van der Waals surface area (Å²) in [6.45, 7) is 0.805.